The van der Waals surface area contributed by atoms with Gasteiger partial charge in [-0.1, -0.05) is 60.7 Å². The maximum atomic E-state index is 12.2. The molecule has 2 aromatic heterocycles. The maximum absolute atomic E-state index is 12.2. The van der Waals surface area contributed by atoms with E-state index in [-0.39, 0.29) is 11.6 Å². The SMILES string of the molecule is CN(Cc1ccccc1)Cc1cc(N)nc(N)c1.CN(Cc1ccccc1)Cc1cc(NC(=O)OC(C)(C)C)nc(NC(=O)OC(C)(C)C)c1. The summed E-state index contributed by atoms with van der Waals surface area (Å²) in [6.07, 6.45) is -1.24. The van der Waals surface area contributed by atoms with Gasteiger partial charge in [0.05, 0.1) is 0 Å². The molecule has 4 rings (SSSR count). The first kappa shape index (κ1) is 39.2. The van der Waals surface area contributed by atoms with Crippen LogP contribution in [0, 0.1) is 0 Å². The summed E-state index contributed by atoms with van der Waals surface area (Å²) in [7, 11) is 4.06. The van der Waals surface area contributed by atoms with Gasteiger partial charge in [-0.3, -0.25) is 20.4 Å². The molecule has 0 fully saturated rings. The Kier molecular flexibility index (Phi) is 14.1. The van der Waals surface area contributed by atoms with E-state index in [2.05, 4.69) is 61.7 Å². The molecule has 268 valence electrons. The van der Waals surface area contributed by atoms with E-state index in [1.165, 1.54) is 11.1 Å². The molecule has 0 spiro atoms. The molecule has 0 bridgehead atoms. The van der Waals surface area contributed by atoms with Crippen molar-refractivity contribution in [3.63, 3.8) is 0 Å². The van der Waals surface area contributed by atoms with Gasteiger partial charge in [0.15, 0.2) is 0 Å². The number of nitrogens with two attached hydrogens (primary N) is 2. The number of nitrogens with one attached hydrogen (secondary N) is 2. The number of amides is 2. The fraction of sp³-hybridized carbons (Fsp3) is 0.368. The van der Waals surface area contributed by atoms with E-state index in [0.717, 1.165) is 30.8 Å². The van der Waals surface area contributed by atoms with E-state index in [9.17, 15) is 9.59 Å². The predicted molar refractivity (Wildman–Crippen MR) is 200 cm³/mol. The number of carbonyl (C=O) groups excluding carboxylic acids is 2. The van der Waals surface area contributed by atoms with Crippen molar-refractivity contribution >= 4 is 35.5 Å². The minimum absolute atomic E-state index is 0.274. The van der Waals surface area contributed by atoms with E-state index in [0.29, 0.717) is 18.2 Å². The number of ether oxygens (including phenoxy) is 2. The van der Waals surface area contributed by atoms with E-state index >= 15 is 0 Å². The molecule has 0 unspecified atom stereocenters. The molecular formula is C38H52N8O4. The lowest BCUT2D eigenvalue weighted by Crippen LogP contribution is -2.28. The van der Waals surface area contributed by atoms with Crippen LogP contribution in [0.1, 0.15) is 63.8 Å². The van der Waals surface area contributed by atoms with Gasteiger partial charge in [0.1, 0.15) is 34.5 Å². The highest BCUT2D eigenvalue weighted by molar-refractivity contribution is 5.86. The number of hydrogen-bond acceptors (Lipinski definition) is 10. The van der Waals surface area contributed by atoms with Gasteiger partial charge in [0.2, 0.25) is 0 Å². The largest absolute Gasteiger partial charge is 0.444 e. The van der Waals surface area contributed by atoms with Gasteiger partial charge < -0.3 is 20.9 Å². The Balaban J connectivity index is 0.000000316. The second-order valence-electron chi connectivity index (χ2n) is 14.1. The van der Waals surface area contributed by atoms with Crippen LogP contribution in [-0.2, 0) is 35.7 Å². The van der Waals surface area contributed by atoms with Crippen LogP contribution in [-0.4, -0.2) is 57.3 Å². The summed E-state index contributed by atoms with van der Waals surface area (Å²) in [5, 5.41) is 5.28. The highest BCUT2D eigenvalue weighted by Crippen LogP contribution is 2.20. The predicted octanol–water partition coefficient (Wildman–Crippen LogP) is 7.29. The fourth-order valence-electron chi connectivity index (χ4n) is 4.87. The van der Waals surface area contributed by atoms with Gasteiger partial charge in [-0.2, -0.15) is 0 Å². The van der Waals surface area contributed by atoms with Crippen molar-refractivity contribution in [2.45, 2.75) is 78.9 Å². The lowest BCUT2D eigenvalue weighted by Gasteiger charge is -2.21. The van der Waals surface area contributed by atoms with Crippen LogP contribution in [0.4, 0.5) is 32.9 Å². The van der Waals surface area contributed by atoms with Crippen LogP contribution in [0.15, 0.2) is 84.9 Å². The molecular weight excluding hydrogens is 632 g/mol. The van der Waals surface area contributed by atoms with Crippen LogP contribution in [0.25, 0.3) is 0 Å². The zero-order chi connectivity index (χ0) is 36.9. The maximum Gasteiger partial charge on any atom is 0.413 e. The van der Waals surface area contributed by atoms with Crippen molar-refractivity contribution < 1.29 is 19.1 Å². The van der Waals surface area contributed by atoms with Crippen LogP contribution in [0.2, 0.25) is 0 Å². The van der Waals surface area contributed by atoms with Gasteiger partial charge in [-0.15, -0.1) is 0 Å². The molecule has 6 N–H and O–H groups in total. The lowest BCUT2D eigenvalue weighted by molar-refractivity contribution is 0.0625. The molecule has 12 heteroatoms. The molecule has 0 aliphatic heterocycles. The minimum atomic E-state index is -0.644. The highest BCUT2D eigenvalue weighted by atomic mass is 16.6. The van der Waals surface area contributed by atoms with Crippen LogP contribution in [0.3, 0.4) is 0 Å². The molecule has 50 heavy (non-hydrogen) atoms. The number of nitrogen functional groups attached to an aromatic ring is 2. The first-order valence-electron chi connectivity index (χ1n) is 16.4. The summed E-state index contributed by atoms with van der Waals surface area (Å²) in [5.74, 6) is 1.49. The minimum Gasteiger partial charge on any atom is -0.444 e. The summed E-state index contributed by atoms with van der Waals surface area (Å²) in [4.78, 5) is 37.1. The number of anilines is 4. The van der Waals surface area contributed by atoms with Crippen molar-refractivity contribution in [2.75, 3.05) is 36.2 Å². The molecule has 0 aliphatic carbocycles. The topological polar surface area (TPSA) is 161 Å². The van der Waals surface area contributed by atoms with Gasteiger partial charge in [0, 0.05) is 26.2 Å². The average Bonchev–Trinajstić information content (AvgIpc) is 2.95. The summed E-state index contributed by atoms with van der Waals surface area (Å²) in [6.45, 7) is 13.7. The smallest absolute Gasteiger partial charge is 0.413 e. The van der Waals surface area contributed by atoms with Crippen LogP contribution < -0.4 is 22.1 Å². The van der Waals surface area contributed by atoms with Crippen molar-refractivity contribution in [3.05, 3.63) is 107 Å². The number of rotatable bonds is 10. The lowest BCUT2D eigenvalue weighted by atomic mass is 10.2. The molecule has 12 nitrogen and oxygen atoms in total. The monoisotopic (exact) mass is 684 g/mol. The van der Waals surface area contributed by atoms with Gasteiger partial charge in [0.25, 0.3) is 0 Å². The number of benzene rings is 2. The number of pyridine rings is 2. The summed E-state index contributed by atoms with van der Waals surface area (Å²) >= 11 is 0. The second-order valence-corrected chi connectivity index (χ2v) is 14.1. The second kappa shape index (κ2) is 18.0. The Morgan fingerprint density at radius 1 is 0.580 bits per heavy atom. The Morgan fingerprint density at radius 2 is 0.920 bits per heavy atom. The quantitative estimate of drug-likeness (QED) is 0.134. The molecule has 0 radical (unpaired) electrons. The van der Waals surface area contributed by atoms with E-state index in [4.69, 9.17) is 20.9 Å². The first-order chi connectivity index (χ1) is 23.4. The first-order valence-corrected chi connectivity index (χ1v) is 16.4. The van der Waals surface area contributed by atoms with Gasteiger partial charge >= 0.3 is 12.2 Å². The van der Waals surface area contributed by atoms with Crippen molar-refractivity contribution in [2.24, 2.45) is 0 Å². The van der Waals surface area contributed by atoms with Crippen LogP contribution >= 0.6 is 0 Å². The van der Waals surface area contributed by atoms with Crippen LogP contribution in [0.5, 0.6) is 0 Å². The van der Waals surface area contributed by atoms with Crippen molar-refractivity contribution in [1.29, 1.82) is 0 Å². The molecule has 4 aromatic rings. The molecule has 0 atom stereocenters. The van der Waals surface area contributed by atoms with Crippen molar-refractivity contribution in [3.8, 4) is 0 Å². The Morgan fingerprint density at radius 3 is 1.28 bits per heavy atom. The van der Waals surface area contributed by atoms with Gasteiger partial charge in [-0.25, -0.2) is 19.6 Å². The molecule has 2 amide bonds. The van der Waals surface area contributed by atoms with E-state index in [1.54, 1.807) is 53.7 Å². The average molecular weight is 685 g/mol. The zero-order valence-corrected chi connectivity index (χ0v) is 30.5. The van der Waals surface area contributed by atoms with Crippen molar-refractivity contribution in [1.82, 2.24) is 19.8 Å². The molecule has 0 saturated heterocycles. The Hall–Kier alpha value is -5.20. The van der Waals surface area contributed by atoms with E-state index in [1.807, 2.05) is 55.6 Å². The Labute approximate surface area is 296 Å². The number of carbonyl (C=O) groups is 2. The highest BCUT2D eigenvalue weighted by Gasteiger charge is 2.19. The zero-order valence-electron chi connectivity index (χ0n) is 30.5. The molecule has 2 heterocycles. The summed E-state index contributed by atoms with van der Waals surface area (Å²) in [6, 6.07) is 27.7. The normalized spacial score (nSPS) is 11.4. The molecule has 0 saturated carbocycles. The molecule has 0 aliphatic rings. The number of hydrogen-bond donors (Lipinski definition) is 4. The third kappa shape index (κ3) is 15.8. The summed E-state index contributed by atoms with van der Waals surface area (Å²) < 4.78 is 10.6. The third-order valence-electron chi connectivity index (χ3n) is 6.56. The standard InChI is InChI=1S/C24H34N4O4.C14H18N4/c1-23(2,3)31-21(29)26-19-13-18(16-28(7)15-17-11-9-8-10-12-17)14-20(25-19)27-22(30)32-24(4,5)6;1-18(9-11-5-3-2-4-6-11)10-12-7-13(15)17-14(16)8-12/h8-14H,15-16H2,1-7H3,(H2,25,26,27,29,30);2-8H,9-10H2,1H3,(H4,15,16,17). The van der Waals surface area contributed by atoms with E-state index < -0.39 is 23.4 Å². The Bertz CT molecular complexity index is 1600. The van der Waals surface area contributed by atoms with Gasteiger partial charge in [-0.05, 0) is 102 Å². The summed E-state index contributed by atoms with van der Waals surface area (Å²) in [5.41, 5.74) is 14.5. The number of nitrogens with zero attached hydrogens (tertiary/aromatic N) is 4. The number of aromatic nitrogens is 2. The fourth-order valence-corrected chi connectivity index (χ4v) is 4.87. The molecule has 2 aromatic carbocycles. The third-order valence-corrected chi connectivity index (χ3v) is 6.56.